The number of thioether (sulfide) groups is 1. The van der Waals surface area contributed by atoms with Gasteiger partial charge in [0, 0.05) is 12.6 Å². The molecule has 0 bridgehead atoms. The molecule has 0 spiro atoms. The minimum Gasteiger partial charge on any atom is -0.316 e. The van der Waals surface area contributed by atoms with Crippen molar-refractivity contribution in [2.75, 3.05) is 38.7 Å². The lowest BCUT2D eigenvalue weighted by atomic mass is 9.97. The highest BCUT2D eigenvalue weighted by Gasteiger charge is 2.25. The molecule has 15 heavy (non-hydrogen) atoms. The standard InChI is InChI=1S/C12H26N2S/c1-10-7-13-8-12(10)9-14(3)11(2)5-6-15-4/h10-13H,5-9H2,1-4H3. The minimum absolute atomic E-state index is 0.727. The molecule has 1 aliphatic heterocycles. The largest absolute Gasteiger partial charge is 0.316 e. The molecule has 1 rings (SSSR count). The van der Waals surface area contributed by atoms with E-state index in [1.165, 1.54) is 31.8 Å². The van der Waals surface area contributed by atoms with Crippen molar-refractivity contribution in [3.63, 3.8) is 0 Å². The molecule has 1 aliphatic rings. The highest BCUT2D eigenvalue weighted by atomic mass is 32.2. The van der Waals surface area contributed by atoms with Gasteiger partial charge in [-0.25, -0.2) is 0 Å². The molecule has 1 fully saturated rings. The summed E-state index contributed by atoms with van der Waals surface area (Å²) in [6, 6.07) is 0.727. The van der Waals surface area contributed by atoms with Crippen molar-refractivity contribution in [1.82, 2.24) is 10.2 Å². The van der Waals surface area contributed by atoms with Crippen LogP contribution in [0.4, 0.5) is 0 Å². The summed E-state index contributed by atoms with van der Waals surface area (Å²) in [7, 11) is 2.27. The lowest BCUT2D eigenvalue weighted by molar-refractivity contribution is 0.204. The zero-order valence-corrected chi connectivity index (χ0v) is 11.4. The fourth-order valence-electron chi connectivity index (χ4n) is 2.17. The van der Waals surface area contributed by atoms with Crippen LogP contribution in [0, 0.1) is 11.8 Å². The van der Waals surface area contributed by atoms with Gasteiger partial charge < -0.3 is 10.2 Å². The molecule has 0 aromatic heterocycles. The van der Waals surface area contributed by atoms with Crippen LogP contribution in [0.25, 0.3) is 0 Å². The van der Waals surface area contributed by atoms with Crippen LogP contribution in [0.1, 0.15) is 20.3 Å². The fraction of sp³-hybridized carbons (Fsp3) is 1.00. The van der Waals surface area contributed by atoms with Gasteiger partial charge in [0.2, 0.25) is 0 Å². The predicted octanol–water partition coefficient (Wildman–Crippen LogP) is 1.92. The summed E-state index contributed by atoms with van der Waals surface area (Å²) in [5.74, 6) is 2.98. The maximum atomic E-state index is 3.48. The molecule has 1 N–H and O–H groups in total. The topological polar surface area (TPSA) is 15.3 Å². The first kappa shape index (κ1) is 13.3. The number of nitrogens with zero attached hydrogens (tertiary/aromatic N) is 1. The van der Waals surface area contributed by atoms with Crippen LogP contribution in [0.2, 0.25) is 0 Å². The SMILES string of the molecule is CSCCC(C)N(C)CC1CNCC1C. The number of hydrogen-bond donors (Lipinski definition) is 1. The molecule has 0 radical (unpaired) electrons. The van der Waals surface area contributed by atoms with E-state index in [0.29, 0.717) is 0 Å². The van der Waals surface area contributed by atoms with E-state index in [1.807, 2.05) is 11.8 Å². The molecule has 3 atom stereocenters. The van der Waals surface area contributed by atoms with Gasteiger partial charge in [0.1, 0.15) is 0 Å². The predicted molar refractivity (Wildman–Crippen MR) is 70.6 cm³/mol. The first-order chi connectivity index (χ1) is 7.15. The average molecular weight is 230 g/mol. The normalized spacial score (nSPS) is 28.6. The molecule has 1 heterocycles. The van der Waals surface area contributed by atoms with E-state index < -0.39 is 0 Å². The van der Waals surface area contributed by atoms with Gasteiger partial charge in [-0.1, -0.05) is 6.92 Å². The van der Waals surface area contributed by atoms with Crippen molar-refractivity contribution >= 4 is 11.8 Å². The molecule has 90 valence electrons. The average Bonchev–Trinajstić information content (AvgIpc) is 2.61. The molecule has 0 saturated carbocycles. The molecule has 3 heteroatoms. The molecule has 0 amide bonds. The second kappa shape index (κ2) is 6.77. The van der Waals surface area contributed by atoms with E-state index in [0.717, 1.165) is 17.9 Å². The van der Waals surface area contributed by atoms with Crippen molar-refractivity contribution < 1.29 is 0 Å². The summed E-state index contributed by atoms with van der Waals surface area (Å²) in [5, 5.41) is 3.48. The number of rotatable bonds is 6. The Morgan fingerprint density at radius 3 is 2.73 bits per heavy atom. The smallest absolute Gasteiger partial charge is 0.00718 e. The lowest BCUT2D eigenvalue weighted by Gasteiger charge is -2.28. The van der Waals surface area contributed by atoms with Gasteiger partial charge in [-0.05, 0) is 57.3 Å². The second-order valence-electron chi connectivity index (χ2n) is 4.97. The van der Waals surface area contributed by atoms with Crippen LogP contribution in [0.3, 0.4) is 0 Å². The lowest BCUT2D eigenvalue weighted by Crippen LogP contribution is -2.36. The van der Waals surface area contributed by atoms with Crippen molar-refractivity contribution in [3.05, 3.63) is 0 Å². The van der Waals surface area contributed by atoms with E-state index in [-0.39, 0.29) is 0 Å². The van der Waals surface area contributed by atoms with Gasteiger partial charge in [-0.2, -0.15) is 11.8 Å². The van der Waals surface area contributed by atoms with Crippen molar-refractivity contribution in [2.45, 2.75) is 26.3 Å². The number of nitrogens with one attached hydrogen (secondary N) is 1. The summed E-state index contributed by atoms with van der Waals surface area (Å²) in [4.78, 5) is 2.53. The maximum absolute atomic E-state index is 3.48. The zero-order valence-electron chi connectivity index (χ0n) is 10.6. The molecule has 2 nitrogen and oxygen atoms in total. The molecular weight excluding hydrogens is 204 g/mol. The Balaban J connectivity index is 2.24. The third-order valence-electron chi connectivity index (χ3n) is 3.69. The van der Waals surface area contributed by atoms with Gasteiger partial charge in [0.25, 0.3) is 0 Å². The summed E-state index contributed by atoms with van der Waals surface area (Å²) in [6.07, 6.45) is 3.50. The van der Waals surface area contributed by atoms with Crippen LogP contribution in [-0.2, 0) is 0 Å². The first-order valence-corrected chi connectivity index (χ1v) is 7.44. The molecule has 0 aromatic carbocycles. The fourth-order valence-corrected chi connectivity index (χ4v) is 2.74. The van der Waals surface area contributed by atoms with E-state index >= 15 is 0 Å². The van der Waals surface area contributed by atoms with Crippen molar-refractivity contribution in [1.29, 1.82) is 0 Å². The quantitative estimate of drug-likeness (QED) is 0.750. The Kier molecular flexibility index (Phi) is 6.02. The third kappa shape index (κ3) is 4.33. The van der Waals surface area contributed by atoms with E-state index in [9.17, 15) is 0 Å². The molecule has 1 saturated heterocycles. The Hall–Kier alpha value is 0.270. The molecular formula is C12H26N2S. The third-order valence-corrected chi connectivity index (χ3v) is 4.34. The Labute approximate surface area is 99.2 Å². The highest BCUT2D eigenvalue weighted by molar-refractivity contribution is 7.98. The van der Waals surface area contributed by atoms with Gasteiger partial charge in [-0.15, -0.1) is 0 Å². The summed E-state index contributed by atoms with van der Waals surface area (Å²) in [6.45, 7) is 8.39. The summed E-state index contributed by atoms with van der Waals surface area (Å²) >= 11 is 1.95. The van der Waals surface area contributed by atoms with Gasteiger partial charge in [-0.3, -0.25) is 0 Å². The van der Waals surface area contributed by atoms with E-state index in [1.54, 1.807) is 0 Å². The number of hydrogen-bond acceptors (Lipinski definition) is 3. The first-order valence-electron chi connectivity index (χ1n) is 6.05. The second-order valence-corrected chi connectivity index (χ2v) is 5.95. The van der Waals surface area contributed by atoms with E-state index in [2.05, 4.69) is 37.4 Å². The van der Waals surface area contributed by atoms with Crippen LogP contribution in [0.5, 0.6) is 0 Å². The summed E-state index contributed by atoms with van der Waals surface area (Å²) < 4.78 is 0. The van der Waals surface area contributed by atoms with Gasteiger partial charge >= 0.3 is 0 Å². The monoisotopic (exact) mass is 230 g/mol. The van der Waals surface area contributed by atoms with Gasteiger partial charge in [0.15, 0.2) is 0 Å². The molecule has 0 aliphatic carbocycles. The van der Waals surface area contributed by atoms with Crippen LogP contribution < -0.4 is 5.32 Å². The van der Waals surface area contributed by atoms with Crippen molar-refractivity contribution in [3.8, 4) is 0 Å². The minimum atomic E-state index is 0.727. The zero-order chi connectivity index (χ0) is 11.3. The van der Waals surface area contributed by atoms with Crippen molar-refractivity contribution in [2.24, 2.45) is 11.8 Å². The highest BCUT2D eigenvalue weighted by Crippen LogP contribution is 2.18. The molecule has 3 unspecified atom stereocenters. The Bertz CT molecular complexity index is 175. The van der Waals surface area contributed by atoms with Crippen LogP contribution in [-0.4, -0.2) is 49.6 Å². The maximum Gasteiger partial charge on any atom is 0.00718 e. The van der Waals surface area contributed by atoms with E-state index in [4.69, 9.17) is 0 Å². The van der Waals surface area contributed by atoms with Crippen LogP contribution >= 0.6 is 11.8 Å². The Morgan fingerprint density at radius 1 is 1.47 bits per heavy atom. The summed E-state index contributed by atoms with van der Waals surface area (Å²) in [5.41, 5.74) is 0. The van der Waals surface area contributed by atoms with Gasteiger partial charge in [0.05, 0.1) is 0 Å². The van der Waals surface area contributed by atoms with Crippen LogP contribution in [0.15, 0.2) is 0 Å². The molecule has 0 aromatic rings. The Morgan fingerprint density at radius 2 is 2.20 bits per heavy atom.